The van der Waals surface area contributed by atoms with Crippen molar-refractivity contribution in [3.63, 3.8) is 0 Å². The molecule has 0 radical (unpaired) electrons. The fourth-order valence-electron chi connectivity index (χ4n) is 2.45. The standard InChI is InChI=1S/C14H15F4NO/c1-7-10(15)12(17)9(13(18)11(7)16)14(20)19-8-5-3-2-4-6-8/h8H,2-6H2,1H3,(H,19,20). The van der Waals surface area contributed by atoms with Crippen LogP contribution in [0.1, 0.15) is 48.0 Å². The highest BCUT2D eigenvalue weighted by molar-refractivity contribution is 5.95. The minimum absolute atomic E-state index is 0.206. The number of halogens is 4. The van der Waals surface area contributed by atoms with Gasteiger partial charge in [-0.1, -0.05) is 19.3 Å². The fourth-order valence-corrected chi connectivity index (χ4v) is 2.45. The Labute approximate surface area is 114 Å². The second kappa shape index (κ2) is 5.81. The van der Waals surface area contributed by atoms with Gasteiger partial charge in [0, 0.05) is 11.6 Å². The summed E-state index contributed by atoms with van der Waals surface area (Å²) in [6, 6.07) is -0.206. The lowest BCUT2D eigenvalue weighted by atomic mass is 9.95. The number of hydrogen-bond acceptors (Lipinski definition) is 1. The Morgan fingerprint density at radius 2 is 1.45 bits per heavy atom. The molecule has 6 heteroatoms. The van der Waals surface area contributed by atoms with Gasteiger partial charge in [-0.15, -0.1) is 0 Å². The molecule has 0 unspecified atom stereocenters. The van der Waals surface area contributed by atoms with E-state index in [0.29, 0.717) is 12.8 Å². The van der Waals surface area contributed by atoms with Crippen LogP contribution in [-0.2, 0) is 0 Å². The van der Waals surface area contributed by atoms with Crippen LogP contribution >= 0.6 is 0 Å². The number of hydrogen-bond donors (Lipinski definition) is 1. The first kappa shape index (κ1) is 14.8. The predicted octanol–water partition coefficient (Wildman–Crippen LogP) is 3.61. The van der Waals surface area contributed by atoms with Gasteiger partial charge in [0.15, 0.2) is 23.3 Å². The van der Waals surface area contributed by atoms with Crippen molar-refractivity contribution in [3.05, 3.63) is 34.4 Å². The zero-order chi connectivity index (χ0) is 14.9. The quantitative estimate of drug-likeness (QED) is 0.654. The van der Waals surface area contributed by atoms with Crippen LogP contribution in [0.15, 0.2) is 0 Å². The van der Waals surface area contributed by atoms with E-state index in [4.69, 9.17) is 0 Å². The minimum atomic E-state index is -1.64. The largest absolute Gasteiger partial charge is 0.349 e. The van der Waals surface area contributed by atoms with Crippen LogP contribution in [0.25, 0.3) is 0 Å². The van der Waals surface area contributed by atoms with E-state index >= 15 is 0 Å². The second-order valence-electron chi connectivity index (χ2n) is 5.06. The van der Waals surface area contributed by atoms with Crippen molar-refractivity contribution in [1.82, 2.24) is 5.32 Å². The van der Waals surface area contributed by atoms with E-state index < -0.39 is 40.3 Å². The zero-order valence-electron chi connectivity index (χ0n) is 11.0. The van der Waals surface area contributed by atoms with Gasteiger partial charge in [-0.3, -0.25) is 4.79 Å². The van der Waals surface area contributed by atoms with Crippen LogP contribution in [0, 0.1) is 30.2 Å². The molecule has 1 aromatic carbocycles. The van der Waals surface area contributed by atoms with Gasteiger partial charge in [0.25, 0.3) is 5.91 Å². The molecule has 0 spiro atoms. The van der Waals surface area contributed by atoms with Crippen molar-refractivity contribution >= 4 is 5.91 Å². The highest BCUT2D eigenvalue weighted by Crippen LogP contribution is 2.24. The Hall–Kier alpha value is -1.59. The topological polar surface area (TPSA) is 29.1 Å². The summed E-state index contributed by atoms with van der Waals surface area (Å²) in [6.07, 6.45) is 4.26. The minimum Gasteiger partial charge on any atom is -0.349 e. The lowest BCUT2D eigenvalue weighted by molar-refractivity contribution is 0.0916. The molecular formula is C14H15F4NO. The summed E-state index contributed by atoms with van der Waals surface area (Å²) in [6.45, 7) is 0.916. The monoisotopic (exact) mass is 289 g/mol. The first-order chi connectivity index (χ1) is 9.43. The lowest BCUT2D eigenvalue weighted by Gasteiger charge is -2.23. The maximum absolute atomic E-state index is 13.7. The van der Waals surface area contributed by atoms with Gasteiger partial charge in [0.1, 0.15) is 5.56 Å². The van der Waals surface area contributed by atoms with E-state index in [9.17, 15) is 22.4 Å². The van der Waals surface area contributed by atoms with Crippen LogP contribution in [0.4, 0.5) is 17.6 Å². The van der Waals surface area contributed by atoms with Crippen LogP contribution in [0.2, 0.25) is 0 Å². The van der Waals surface area contributed by atoms with Gasteiger partial charge in [0.2, 0.25) is 0 Å². The molecule has 1 aromatic rings. The summed E-state index contributed by atoms with van der Waals surface area (Å²) in [5.74, 6) is -7.45. The van der Waals surface area contributed by atoms with Gasteiger partial charge in [0.05, 0.1) is 0 Å². The maximum atomic E-state index is 13.7. The van der Waals surface area contributed by atoms with Gasteiger partial charge in [-0.05, 0) is 19.8 Å². The van der Waals surface area contributed by atoms with E-state index in [2.05, 4.69) is 5.32 Å². The molecule has 2 rings (SSSR count). The SMILES string of the molecule is Cc1c(F)c(F)c(C(=O)NC2CCCCC2)c(F)c1F. The smallest absolute Gasteiger partial charge is 0.257 e. The van der Waals surface area contributed by atoms with Crippen LogP contribution < -0.4 is 5.32 Å². The molecule has 0 atom stereocenters. The normalized spacial score (nSPS) is 16.2. The molecule has 0 aliphatic heterocycles. The number of nitrogens with one attached hydrogen (secondary N) is 1. The zero-order valence-corrected chi connectivity index (χ0v) is 11.0. The molecule has 2 nitrogen and oxygen atoms in total. The molecule has 1 aliphatic rings. The molecule has 0 aromatic heterocycles. The molecule has 1 fully saturated rings. The molecule has 1 amide bonds. The van der Waals surface area contributed by atoms with Crippen molar-refractivity contribution in [1.29, 1.82) is 0 Å². The van der Waals surface area contributed by atoms with Crippen molar-refractivity contribution in [2.45, 2.75) is 45.1 Å². The summed E-state index contributed by atoms with van der Waals surface area (Å²) >= 11 is 0. The molecule has 0 heterocycles. The molecule has 20 heavy (non-hydrogen) atoms. The Morgan fingerprint density at radius 1 is 0.950 bits per heavy atom. The van der Waals surface area contributed by atoms with Gasteiger partial charge in [-0.2, -0.15) is 0 Å². The summed E-state index contributed by atoms with van der Waals surface area (Å²) in [5, 5.41) is 2.44. The first-order valence-electron chi connectivity index (χ1n) is 6.57. The number of carbonyl (C=O) groups excluding carboxylic acids is 1. The van der Waals surface area contributed by atoms with E-state index in [1.54, 1.807) is 0 Å². The van der Waals surface area contributed by atoms with Crippen molar-refractivity contribution in [2.75, 3.05) is 0 Å². The summed E-state index contributed by atoms with van der Waals surface area (Å²) in [5.41, 5.74) is -1.95. The average Bonchev–Trinajstić information content (AvgIpc) is 2.44. The van der Waals surface area contributed by atoms with Crippen LogP contribution in [-0.4, -0.2) is 11.9 Å². The molecule has 0 bridgehead atoms. The van der Waals surface area contributed by atoms with E-state index in [0.717, 1.165) is 26.2 Å². The summed E-state index contributed by atoms with van der Waals surface area (Å²) in [7, 11) is 0. The van der Waals surface area contributed by atoms with E-state index in [1.807, 2.05) is 0 Å². The Morgan fingerprint density at radius 3 is 1.95 bits per heavy atom. The Bertz CT molecular complexity index is 509. The number of amides is 1. The second-order valence-corrected chi connectivity index (χ2v) is 5.06. The number of rotatable bonds is 2. The molecule has 1 saturated carbocycles. The molecule has 110 valence electrons. The molecule has 1 aliphatic carbocycles. The van der Waals surface area contributed by atoms with Gasteiger partial charge >= 0.3 is 0 Å². The van der Waals surface area contributed by atoms with Crippen LogP contribution in [0.5, 0.6) is 0 Å². The number of benzene rings is 1. The van der Waals surface area contributed by atoms with Crippen LogP contribution in [0.3, 0.4) is 0 Å². The number of carbonyl (C=O) groups is 1. The fraction of sp³-hybridized carbons (Fsp3) is 0.500. The molecule has 1 N–H and O–H groups in total. The Balaban J connectivity index is 2.30. The summed E-state index contributed by atoms with van der Waals surface area (Å²) in [4.78, 5) is 11.8. The highest BCUT2D eigenvalue weighted by Gasteiger charge is 2.28. The lowest BCUT2D eigenvalue weighted by Crippen LogP contribution is -2.37. The third-order valence-electron chi connectivity index (χ3n) is 3.65. The van der Waals surface area contributed by atoms with Gasteiger partial charge < -0.3 is 5.32 Å². The third-order valence-corrected chi connectivity index (χ3v) is 3.65. The van der Waals surface area contributed by atoms with Crippen molar-refractivity contribution < 1.29 is 22.4 Å². The average molecular weight is 289 g/mol. The summed E-state index contributed by atoms with van der Waals surface area (Å²) < 4.78 is 54.1. The van der Waals surface area contributed by atoms with Crippen molar-refractivity contribution in [3.8, 4) is 0 Å². The van der Waals surface area contributed by atoms with Gasteiger partial charge in [-0.25, -0.2) is 17.6 Å². The highest BCUT2D eigenvalue weighted by atomic mass is 19.2. The molecular weight excluding hydrogens is 274 g/mol. The predicted molar refractivity (Wildman–Crippen MR) is 65.4 cm³/mol. The Kier molecular flexibility index (Phi) is 4.30. The van der Waals surface area contributed by atoms with E-state index in [1.165, 1.54) is 0 Å². The first-order valence-corrected chi connectivity index (χ1v) is 6.57. The molecule has 0 saturated heterocycles. The third kappa shape index (κ3) is 2.64. The van der Waals surface area contributed by atoms with Crippen molar-refractivity contribution in [2.24, 2.45) is 0 Å². The maximum Gasteiger partial charge on any atom is 0.257 e. The van der Waals surface area contributed by atoms with E-state index in [-0.39, 0.29) is 6.04 Å².